The molecule has 1 aromatic heterocycles. The predicted molar refractivity (Wildman–Crippen MR) is 97.2 cm³/mol. The van der Waals surface area contributed by atoms with Crippen LogP contribution in [0.5, 0.6) is 11.5 Å². The molecule has 0 atom stereocenters. The van der Waals surface area contributed by atoms with Crippen molar-refractivity contribution in [2.24, 2.45) is 0 Å². The lowest BCUT2D eigenvalue weighted by Gasteiger charge is -2.21. The SMILES string of the molecule is COc1ccc(Br)c(CNn2cnnc2)c1OCC(=O)NC(C)(C)C. The standard InChI is InChI=1S/C16H22BrN5O3/c1-16(2,3)21-14(23)8-25-15-11(7-20-22-9-18-19-10-22)12(17)5-6-13(15)24-4/h5-6,9-10,20H,7-8H2,1-4H3,(H,21,23). The van der Waals surface area contributed by atoms with Crippen molar-refractivity contribution in [1.29, 1.82) is 0 Å². The Balaban J connectivity index is 2.16. The summed E-state index contributed by atoms with van der Waals surface area (Å²) in [6, 6.07) is 3.65. The first-order chi connectivity index (χ1) is 11.8. The van der Waals surface area contributed by atoms with Gasteiger partial charge in [0.15, 0.2) is 18.1 Å². The van der Waals surface area contributed by atoms with Crippen LogP contribution in [-0.4, -0.2) is 40.0 Å². The second-order valence-electron chi connectivity index (χ2n) is 6.35. The van der Waals surface area contributed by atoms with Crippen LogP contribution in [0, 0.1) is 0 Å². The van der Waals surface area contributed by atoms with E-state index in [1.807, 2.05) is 26.8 Å². The third-order valence-electron chi connectivity index (χ3n) is 3.11. The molecule has 0 radical (unpaired) electrons. The molecule has 0 saturated carbocycles. The number of nitrogens with zero attached hydrogens (tertiary/aromatic N) is 3. The summed E-state index contributed by atoms with van der Waals surface area (Å²) in [5.74, 6) is 0.848. The molecule has 1 heterocycles. The number of ether oxygens (including phenoxy) is 2. The number of nitrogens with one attached hydrogen (secondary N) is 2. The zero-order valence-corrected chi connectivity index (χ0v) is 16.3. The summed E-state index contributed by atoms with van der Waals surface area (Å²) >= 11 is 3.51. The smallest absolute Gasteiger partial charge is 0.258 e. The third kappa shape index (κ3) is 5.63. The lowest BCUT2D eigenvalue weighted by molar-refractivity contribution is -0.124. The molecule has 8 nitrogen and oxygen atoms in total. The highest BCUT2D eigenvalue weighted by atomic mass is 79.9. The maximum Gasteiger partial charge on any atom is 0.258 e. The van der Waals surface area contributed by atoms with Gasteiger partial charge < -0.3 is 20.2 Å². The molecule has 0 saturated heterocycles. The van der Waals surface area contributed by atoms with E-state index >= 15 is 0 Å². The Labute approximate surface area is 155 Å². The molecule has 0 aliphatic rings. The zero-order chi connectivity index (χ0) is 18.4. The molecule has 2 rings (SSSR count). The number of carbonyl (C=O) groups excluding carboxylic acids is 1. The number of halogens is 1. The molecule has 136 valence electrons. The minimum Gasteiger partial charge on any atom is -0.493 e. The van der Waals surface area contributed by atoms with Crippen LogP contribution in [-0.2, 0) is 11.3 Å². The van der Waals surface area contributed by atoms with Crippen molar-refractivity contribution in [3.63, 3.8) is 0 Å². The van der Waals surface area contributed by atoms with Crippen LogP contribution in [0.1, 0.15) is 26.3 Å². The summed E-state index contributed by atoms with van der Waals surface area (Å²) in [5.41, 5.74) is 3.62. The van der Waals surface area contributed by atoms with Gasteiger partial charge in [-0.3, -0.25) is 4.79 Å². The first kappa shape index (κ1) is 19.0. The highest BCUT2D eigenvalue weighted by Crippen LogP contribution is 2.36. The van der Waals surface area contributed by atoms with Crippen molar-refractivity contribution in [1.82, 2.24) is 20.2 Å². The van der Waals surface area contributed by atoms with Crippen molar-refractivity contribution in [2.75, 3.05) is 19.1 Å². The number of amides is 1. The van der Waals surface area contributed by atoms with E-state index < -0.39 is 0 Å². The molecule has 0 unspecified atom stereocenters. The highest BCUT2D eigenvalue weighted by molar-refractivity contribution is 9.10. The molecule has 1 aromatic carbocycles. The molecule has 0 aliphatic heterocycles. The van der Waals surface area contributed by atoms with Gasteiger partial charge in [-0.05, 0) is 32.9 Å². The van der Waals surface area contributed by atoms with Gasteiger partial charge in [0.2, 0.25) is 0 Å². The zero-order valence-electron chi connectivity index (χ0n) is 14.7. The van der Waals surface area contributed by atoms with Crippen molar-refractivity contribution < 1.29 is 14.3 Å². The van der Waals surface area contributed by atoms with E-state index in [4.69, 9.17) is 9.47 Å². The molecule has 0 bridgehead atoms. The summed E-state index contributed by atoms with van der Waals surface area (Å²) < 4.78 is 13.6. The van der Waals surface area contributed by atoms with Crippen LogP contribution in [0.25, 0.3) is 0 Å². The minimum atomic E-state index is -0.319. The number of benzene rings is 1. The number of carbonyl (C=O) groups is 1. The summed E-state index contributed by atoms with van der Waals surface area (Å²) in [6.07, 6.45) is 3.09. The van der Waals surface area contributed by atoms with Gasteiger partial charge in [-0.1, -0.05) is 15.9 Å². The fourth-order valence-corrected chi connectivity index (χ4v) is 2.56. The number of methoxy groups -OCH3 is 1. The Hall–Kier alpha value is -2.29. The normalized spacial score (nSPS) is 11.1. The average Bonchev–Trinajstić information content (AvgIpc) is 3.03. The van der Waals surface area contributed by atoms with E-state index in [1.165, 1.54) is 0 Å². The van der Waals surface area contributed by atoms with E-state index in [9.17, 15) is 4.79 Å². The third-order valence-corrected chi connectivity index (χ3v) is 3.85. The van der Waals surface area contributed by atoms with Gasteiger partial charge in [0.05, 0.1) is 13.7 Å². The van der Waals surface area contributed by atoms with Crippen LogP contribution in [0.3, 0.4) is 0 Å². The Kier molecular flexibility index (Phi) is 6.24. The van der Waals surface area contributed by atoms with E-state index in [1.54, 1.807) is 30.5 Å². The van der Waals surface area contributed by atoms with Crippen LogP contribution >= 0.6 is 15.9 Å². The van der Waals surface area contributed by atoms with Crippen molar-refractivity contribution in [3.8, 4) is 11.5 Å². The molecule has 1 amide bonds. The molecule has 2 aromatic rings. The molecule has 0 spiro atoms. The van der Waals surface area contributed by atoms with E-state index in [0.29, 0.717) is 18.0 Å². The van der Waals surface area contributed by atoms with E-state index in [-0.39, 0.29) is 18.1 Å². The fraction of sp³-hybridized carbons (Fsp3) is 0.438. The first-order valence-electron chi connectivity index (χ1n) is 7.68. The van der Waals surface area contributed by atoms with Gasteiger partial charge in [-0.25, -0.2) is 4.68 Å². The molecule has 9 heteroatoms. The van der Waals surface area contributed by atoms with Gasteiger partial charge in [-0.15, -0.1) is 10.2 Å². The fourth-order valence-electron chi connectivity index (χ4n) is 2.11. The molecule has 25 heavy (non-hydrogen) atoms. The number of aromatic nitrogens is 3. The van der Waals surface area contributed by atoms with E-state index in [2.05, 4.69) is 36.9 Å². The molecular formula is C16H22BrN5O3. The van der Waals surface area contributed by atoms with Crippen LogP contribution in [0.4, 0.5) is 0 Å². The number of rotatable bonds is 7. The van der Waals surface area contributed by atoms with Gasteiger partial charge >= 0.3 is 0 Å². The summed E-state index contributed by atoms with van der Waals surface area (Å²) in [5, 5.41) is 10.3. The van der Waals surface area contributed by atoms with Gasteiger partial charge in [0, 0.05) is 15.6 Å². The number of hydrogen-bond acceptors (Lipinski definition) is 6. The van der Waals surface area contributed by atoms with E-state index in [0.717, 1.165) is 10.0 Å². The monoisotopic (exact) mass is 411 g/mol. The Morgan fingerprint density at radius 2 is 1.96 bits per heavy atom. The lowest BCUT2D eigenvalue weighted by atomic mass is 10.1. The molecule has 0 aliphatic carbocycles. The van der Waals surface area contributed by atoms with Gasteiger partial charge in [0.25, 0.3) is 5.91 Å². The van der Waals surface area contributed by atoms with Crippen LogP contribution < -0.4 is 20.2 Å². The maximum absolute atomic E-state index is 12.0. The molecular weight excluding hydrogens is 390 g/mol. The summed E-state index contributed by atoms with van der Waals surface area (Å²) in [4.78, 5) is 12.0. The minimum absolute atomic E-state index is 0.107. The van der Waals surface area contributed by atoms with Crippen LogP contribution in [0.15, 0.2) is 29.3 Å². The predicted octanol–water partition coefficient (Wildman–Crippen LogP) is 2.09. The van der Waals surface area contributed by atoms with Crippen molar-refractivity contribution in [2.45, 2.75) is 32.9 Å². The quantitative estimate of drug-likeness (QED) is 0.724. The van der Waals surface area contributed by atoms with Crippen LogP contribution in [0.2, 0.25) is 0 Å². The molecule has 2 N–H and O–H groups in total. The van der Waals surface area contributed by atoms with Gasteiger partial charge in [-0.2, -0.15) is 0 Å². The number of hydrogen-bond donors (Lipinski definition) is 2. The first-order valence-corrected chi connectivity index (χ1v) is 8.47. The molecule has 0 fully saturated rings. The topological polar surface area (TPSA) is 90.3 Å². The average molecular weight is 412 g/mol. The Morgan fingerprint density at radius 3 is 2.56 bits per heavy atom. The lowest BCUT2D eigenvalue weighted by Crippen LogP contribution is -2.43. The second-order valence-corrected chi connectivity index (χ2v) is 7.20. The largest absolute Gasteiger partial charge is 0.493 e. The summed E-state index contributed by atoms with van der Waals surface area (Å²) in [6.45, 7) is 6.06. The van der Waals surface area contributed by atoms with Gasteiger partial charge in [0.1, 0.15) is 12.7 Å². The maximum atomic E-state index is 12.0. The Bertz CT molecular complexity index is 713. The second kappa shape index (κ2) is 8.19. The highest BCUT2D eigenvalue weighted by Gasteiger charge is 2.18. The summed E-state index contributed by atoms with van der Waals surface area (Å²) in [7, 11) is 1.56. The Morgan fingerprint density at radius 1 is 1.28 bits per heavy atom. The van der Waals surface area contributed by atoms with Crippen molar-refractivity contribution >= 4 is 21.8 Å². The van der Waals surface area contributed by atoms with Crippen molar-refractivity contribution in [3.05, 3.63) is 34.8 Å².